The lowest BCUT2D eigenvalue weighted by Gasteiger charge is -2.07. The van der Waals surface area contributed by atoms with Gasteiger partial charge in [0.1, 0.15) is 11.6 Å². The fraction of sp³-hybridized carbons (Fsp3) is 0.333. The minimum Gasteiger partial charge on any atom is -0.373 e. The summed E-state index contributed by atoms with van der Waals surface area (Å²) in [6, 6.07) is 12.3. The van der Waals surface area contributed by atoms with Crippen LogP contribution in [-0.4, -0.2) is 17.0 Å². The summed E-state index contributed by atoms with van der Waals surface area (Å²) in [5, 5.41) is 3.12. The van der Waals surface area contributed by atoms with Crippen molar-refractivity contribution in [3.05, 3.63) is 42.2 Å². The van der Waals surface area contributed by atoms with Crippen LogP contribution in [0.5, 0.6) is 0 Å². The Morgan fingerprint density at radius 3 is 2.50 bits per heavy atom. The summed E-state index contributed by atoms with van der Waals surface area (Å²) in [7, 11) is 1.90. The number of nitrogens with one attached hydrogen (secondary N) is 1. The van der Waals surface area contributed by atoms with Gasteiger partial charge in [-0.3, -0.25) is 0 Å². The maximum atomic E-state index is 4.71. The zero-order chi connectivity index (χ0) is 12.5. The Balaban J connectivity index is 2.04. The maximum Gasteiger partial charge on any atom is 0.134 e. The molecule has 0 amide bonds. The number of hydrogen-bond acceptors (Lipinski definition) is 3. The van der Waals surface area contributed by atoms with Crippen molar-refractivity contribution in [1.29, 1.82) is 0 Å². The molecule has 2 aromatic rings. The summed E-state index contributed by atoms with van der Waals surface area (Å²) >= 11 is 0. The van der Waals surface area contributed by atoms with Crippen molar-refractivity contribution in [2.75, 3.05) is 12.4 Å². The quantitative estimate of drug-likeness (QED) is 0.893. The van der Waals surface area contributed by atoms with Crippen molar-refractivity contribution >= 4 is 5.82 Å². The molecule has 0 saturated heterocycles. The first-order valence-corrected chi connectivity index (χ1v) is 6.40. The third-order valence-electron chi connectivity index (χ3n) is 3.51. The van der Waals surface area contributed by atoms with Gasteiger partial charge in [-0.05, 0) is 12.3 Å². The van der Waals surface area contributed by atoms with Crippen LogP contribution in [0.3, 0.4) is 0 Å². The molecule has 3 nitrogen and oxygen atoms in total. The smallest absolute Gasteiger partial charge is 0.134 e. The molecule has 1 aliphatic rings. The Morgan fingerprint density at radius 1 is 1.17 bits per heavy atom. The van der Waals surface area contributed by atoms with Gasteiger partial charge in [0, 0.05) is 24.6 Å². The van der Waals surface area contributed by atoms with Crippen LogP contribution in [0.2, 0.25) is 0 Å². The molecule has 1 aliphatic carbocycles. The Morgan fingerprint density at radius 2 is 1.89 bits per heavy atom. The van der Waals surface area contributed by atoms with E-state index in [9.17, 15) is 0 Å². The van der Waals surface area contributed by atoms with Crippen molar-refractivity contribution in [3.8, 4) is 11.3 Å². The lowest BCUT2D eigenvalue weighted by molar-refractivity contribution is 0.845. The minimum absolute atomic E-state index is 0.542. The highest BCUT2D eigenvalue weighted by Crippen LogP contribution is 2.45. The SMILES string of the molecule is CNc1cc(-c2ccccc2)nc(C2CC2C)n1. The fourth-order valence-electron chi connectivity index (χ4n) is 2.20. The lowest BCUT2D eigenvalue weighted by Crippen LogP contribution is -2.01. The molecule has 3 heteroatoms. The predicted octanol–water partition coefficient (Wildman–Crippen LogP) is 3.31. The highest BCUT2D eigenvalue weighted by molar-refractivity contribution is 5.62. The molecule has 1 saturated carbocycles. The molecule has 2 unspecified atom stereocenters. The van der Waals surface area contributed by atoms with E-state index in [0.717, 1.165) is 28.8 Å². The van der Waals surface area contributed by atoms with Gasteiger partial charge in [0.25, 0.3) is 0 Å². The zero-order valence-corrected chi connectivity index (χ0v) is 10.7. The largest absolute Gasteiger partial charge is 0.373 e. The lowest BCUT2D eigenvalue weighted by atomic mass is 10.1. The van der Waals surface area contributed by atoms with Crippen molar-refractivity contribution in [2.24, 2.45) is 5.92 Å². The summed E-state index contributed by atoms with van der Waals surface area (Å²) in [5.41, 5.74) is 2.15. The van der Waals surface area contributed by atoms with E-state index in [1.807, 2.05) is 31.3 Å². The molecule has 0 spiro atoms. The summed E-state index contributed by atoms with van der Waals surface area (Å²) in [4.78, 5) is 9.28. The second-order valence-corrected chi connectivity index (χ2v) is 4.93. The van der Waals surface area contributed by atoms with Gasteiger partial charge in [-0.2, -0.15) is 0 Å². The molecule has 92 valence electrons. The first kappa shape index (κ1) is 11.2. The van der Waals surface area contributed by atoms with Gasteiger partial charge >= 0.3 is 0 Å². The van der Waals surface area contributed by atoms with E-state index in [1.54, 1.807) is 0 Å². The summed E-state index contributed by atoms with van der Waals surface area (Å²) in [6.07, 6.45) is 1.21. The van der Waals surface area contributed by atoms with E-state index in [-0.39, 0.29) is 0 Å². The van der Waals surface area contributed by atoms with Gasteiger partial charge in [0.05, 0.1) is 5.69 Å². The van der Waals surface area contributed by atoms with E-state index in [0.29, 0.717) is 5.92 Å². The number of benzene rings is 1. The first-order chi connectivity index (χ1) is 8.78. The third-order valence-corrected chi connectivity index (χ3v) is 3.51. The fourth-order valence-corrected chi connectivity index (χ4v) is 2.20. The molecular formula is C15H17N3. The monoisotopic (exact) mass is 239 g/mol. The molecule has 0 aliphatic heterocycles. The maximum absolute atomic E-state index is 4.71. The van der Waals surface area contributed by atoms with E-state index < -0.39 is 0 Å². The number of nitrogens with zero attached hydrogens (tertiary/aromatic N) is 2. The van der Waals surface area contributed by atoms with Crippen LogP contribution in [0, 0.1) is 5.92 Å². The average Bonchev–Trinajstić information content (AvgIpc) is 3.16. The van der Waals surface area contributed by atoms with E-state index in [2.05, 4.69) is 29.4 Å². The van der Waals surface area contributed by atoms with Crippen LogP contribution < -0.4 is 5.32 Å². The predicted molar refractivity (Wildman–Crippen MR) is 73.5 cm³/mol. The first-order valence-electron chi connectivity index (χ1n) is 6.40. The van der Waals surface area contributed by atoms with Crippen molar-refractivity contribution in [3.63, 3.8) is 0 Å². The van der Waals surface area contributed by atoms with Crippen LogP contribution in [0.4, 0.5) is 5.82 Å². The molecule has 3 rings (SSSR count). The second-order valence-electron chi connectivity index (χ2n) is 4.93. The van der Waals surface area contributed by atoms with Crippen molar-refractivity contribution in [1.82, 2.24) is 9.97 Å². The molecule has 1 heterocycles. The van der Waals surface area contributed by atoms with Crippen molar-refractivity contribution in [2.45, 2.75) is 19.3 Å². The van der Waals surface area contributed by atoms with E-state index >= 15 is 0 Å². The highest BCUT2D eigenvalue weighted by atomic mass is 15.0. The van der Waals surface area contributed by atoms with Gasteiger partial charge in [-0.25, -0.2) is 9.97 Å². The molecule has 0 bridgehead atoms. The Kier molecular flexibility index (Phi) is 2.74. The third kappa shape index (κ3) is 2.08. The molecule has 2 atom stereocenters. The van der Waals surface area contributed by atoms with E-state index in [4.69, 9.17) is 4.98 Å². The van der Waals surface area contributed by atoms with Gasteiger partial charge in [-0.15, -0.1) is 0 Å². The topological polar surface area (TPSA) is 37.8 Å². The molecule has 1 fully saturated rings. The van der Waals surface area contributed by atoms with Crippen LogP contribution in [0.1, 0.15) is 25.1 Å². The summed E-state index contributed by atoms with van der Waals surface area (Å²) in [5.74, 6) is 3.15. The molecular weight excluding hydrogens is 222 g/mol. The Bertz CT molecular complexity index is 551. The zero-order valence-electron chi connectivity index (χ0n) is 10.7. The Hall–Kier alpha value is -1.90. The summed E-state index contributed by atoms with van der Waals surface area (Å²) < 4.78 is 0. The second kappa shape index (κ2) is 4.41. The molecule has 1 aromatic carbocycles. The number of anilines is 1. The molecule has 1 aromatic heterocycles. The molecule has 18 heavy (non-hydrogen) atoms. The van der Waals surface area contributed by atoms with Crippen LogP contribution in [0.25, 0.3) is 11.3 Å². The van der Waals surface area contributed by atoms with Gasteiger partial charge in [0.15, 0.2) is 0 Å². The molecule has 1 N–H and O–H groups in total. The number of aromatic nitrogens is 2. The van der Waals surface area contributed by atoms with Crippen molar-refractivity contribution < 1.29 is 0 Å². The van der Waals surface area contributed by atoms with Gasteiger partial charge in [-0.1, -0.05) is 37.3 Å². The Labute approximate surface area is 107 Å². The van der Waals surface area contributed by atoms with E-state index in [1.165, 1.54) is 6.42 Å². The van der Waals surface area contributed by atoms with Crippen LogP contribution >= 0.6 is 0 Å². The van der Waals surface area contributed by atoms with Crippen LogP contribution in [0.15, 0.2) is 36.4 Å². The molecule has 0 radical (unpaired) electrons. The van der Waals surface area contributed by atoms with Crippen LogP contribution in [-0.2, 0) is 0 Å². The standard InChI is InChI=1S/C15H17N3/c1-10-8-12(10)15-17-13(9-14(16-2)18-15)11-6-4-3-5-7-11/h3-7,9-10,12H,8H2,1-2H3,(H,16,17,18). The average molecular weight is 239 g/mol. The minimum atomic E-state index is 0.542. The highest BCUT2D eigenvalue weighted by Gasteiger charge is 2.36. The number of hydrogen-bond donors (Lipinski definition) is 1. The number of rotatable bonds is 3. The van der Waals surface area contributed by atoms with Gasteiger partial charge < -0.3 is 5.32 Å². The summed E-state index contributed by atoms with van der Waals surface area (Å²) in [6.45, 7) is 2.25. The van der Waals surface area contributed by atoms with Gasteiger partial charge in [0.2, 0.25) is 0 Å². The normalized spacial score (nSPS) is 21.7.